The maximum Gasteiger partial charge on any atom is 0.222 e. The van der Waals surface area contributed by atoms with Gasteiger partial charge in [-0.1, -0.05) is 32.1 Å². The summed E-state index contributed by atoms with van der Waals surface area (Å²) in [5.74, 6) is 1.30. The molecule has 1 saturated heterocycles. The van der Waals surface area contributed by atoms with Gasteiger partial charge in [-0.2, -0.15) is 0 Å². The van der Waals surface area contributed by atoms with Crippen molar-refractivity contribution in [2.24, 2.45) is 5.92 Å². The first-order valence-electron chi connectivity index (χ1n) is 7.85. The van der Waals surface area contributed by atoms with Crippen LogP contribution < -0.4 is 5.32 Å². The highest BCUT2D eigenvalue weighted by Crippen LogP contribution is 2.27. The Morgan fingerprint density at radius 3 is 2.72 bits per heavy atom. The van der Waals surface area contributed by atoms with Crippen LogP contribution in [0.15, 0.2) is 0 Å². The topological polar surface area (TPSA) is 32.3 Å². The minimum absolute atomic E-state index is 0.384. The van der Waals surface area contributed by atoms with Crippen molar-refractivity contribution in [3.63, 3.8) is 0 Å². The highest BCUT2D eigenvalue weighted by atomic mass is 16.2. The van der Waals surface area contributed by atoms with Crippen molar-refractivity contribution in [2.45, 2.75) is 57.8 Å². The minimum Gasteiger partial charge on any atom is -0.341 e. The summed E-state index contributed by atoms with van der Waals surface area (Å²) in [5, 5.41) is 3.35. The van der Waals surface area contributed by atoms with Crippen molar-refractivity contribution in [3.05, 3.63) is 0 Å². The summed E-state index contributed by atoms with van der Waals surface area (Å²) in [6.45, 7) is 3.89. The van der Waals surface area contributed by atoms with Gasteiger partial charge in [0.05, 0.1) is 0 Å². The largest absolute Gasteiger partial charge is 0.341 e. The van der Waals surface area contributed by atoms with E-state index in [0.29, 0.717) is 5.91 Å². The van der Waals surface area contributed by atoms with E-state index in [4.69, 9.17) is 0 Å². The van der Waals surface area contributed by atoms with Gasteiger partial charge in [-0.05, 0) is 31.7 Å². The molecule has 1 aliphatic heterocycles. The molecule has 0 radical (unpaired) electrons. The standard InChI is InChI=1S/C15H28N2O/c18-15(17-12-5-10-16-11-13-17)9-4-8-14-6-2-1-3-7-14/h14,16H,1-13H2. The average molecular weight is 252 g/mol. The third-order valence-corrected chi connectivity index (χ3v) is 4.42. The van der Waals surface area contributed by atoms with Crippen LogP contribution >= 0.6 is 0 Å². The number of hydrogen-bond donors (Lipinski definition) is 1. The van der Waals surface area contributed by atoms with Crippen molar-refractivity contribution in [1.82, 2.24) is 10.2 Å². The lowest BCUT2D eigenvalue weighted by molar-refractivity contribution is -0.131. The zero-order valence-corrected chi connectivity index (χ0v) is 11.6. The minimum atomic E-state index is 0.384. The molecule has 0 aromatic heterocycles. The van der Waals surface area contributed by atoms with Crippen LogP contribution in [0.1, 0.15) is 57.8 Å². The molecule has 0 spiro atoms. The van der Waals surface area contributed by atoms with E-state index < -0.39 is 0 Å². The summed E-state index contributed by atoms with van der Waals surface area (Å²) in [7, 11) is 0. The van der Waals surface area contributed by atoms with Crippen molar-refractivity contribution in [3.8, 4) is 0 Å². The molecule has 1 saturated carbocycles. The van der Waals surface area contributed by atoms with Gasteiger partial charge in [0.25, 0.3) is 0 Å². The number of nitrogens with zero attached hydrogens (tertiary/aromatic N) is 1. The fraction of sp³-hybridized carbons (Fsp3) is 0.933. The number of rotatable bonds is 4. The summed E-state index contributed by atoms with van der Waals surface area (Å²) in [6.07, 6.45) is 11.3. The molecular weight excluding hydrogens is 224 g/mol. The highest BCUT2D eigenvalue weighted by Gasteiger charge is 2.17. The third-order valence-electron chi connectivity index (χ3n) is 4.42. The van der Waals surface area contributed by atoms with E-state index in [1.54, 1.807) is 0 Å². The van der Waals surface area contributed by atoms with E-state index in [2.05, 4.69) is 10.2 Å². The Bertz CT molecular complexity index is 241. The lowest BCUT2D eigenvalue weighted by Crippen LogP contribution is -2.34. The molecule has 0 aromatic carbocycles. The van der Waals surface area contributed by atoms with Gasteiger partial charge >= 0.3 is 0 Å². The van der Waals surface area contributed by atoms with E-state index >= 15 is 0 Å². The molecule has 2 aliphatic rings. The molecule has 1 aliphatic carbocycles. The van der Waals surface area contributed by atoms with E-state index in [-0.39, 0.29) is 0 Å². The Hall–Kier alpha value is -0.570. The Morgan fingerprint density at radius 1 is 1.06 bits per heavy atom. The molecule has 0 atom stereocenters. The van der Waals surface area contributed by atoms with Gasteiger partial charge in [-0.15, -0.1) is 0 Å². The molecule has 2 fully saturated rings. The van der Waals surface area contributed by atoms with Gasteiger partial charge in [0, 0.05) is 26.1 Å². The molecule has 1 heterocycles. The van der Waals surface area contributed by atoms with E-state index in [0.717, 1.165) is 51.4 Å². The van der Waals surface area contributed by atoms with Crippen LogP contribution in [-0.4, -0.2) is 37.0 Å². The van der Waals surface area contributed by atoms with Crippen LogP contribution in [0.5, 0.6) is 0 Å². The molecule has 104 valence electrons. The molecule has 0 aromatic rings. The maximum atomic E-state index is 12.1. The Labute approximate surface area is 111 Å². The number of nitrogens with one attached hydrogen (secondary N) is 1. The van der Waals surface area contributed by atoms with Crippen molar-refractivity contribution in [2.75, 3.05) is 26.2 Å². The first-order chi connectivity index (χ1) is 8.86. The van der Waals surface area contributed by atoms with Gasteiger partial charge < -0.3 is 10.2 Å². The quantitative estimate of drug-likeness (QED) is 0.834. The molecule has 0 bridgehead atoms. The molecule has 1 N–H and O–H groups in total. The zero-order chi connectivity index (χ0) is 12.6. The fourth-order valence-corrected chi connectivity index (χ4v) is 3.27. The zero-order valence-electron chi connectivity index (χ0n) is 11.6. The van der Waals surface area contributed by atoms with Crippen LogP contribution in [0.25, 0.3) is 0 Å². The van der Waals surface area contributed by atoms with Crippen LogP contribution in [0.3, 0.4) is 0 Å². The van der Waals surface area contributed by atoms with Gasteiger partial charge in [-0.3, -0.25) is 4.79 Å². The molecule has 3 heteroatoms. The second kappa shape index (κ2) is 7.78. The first-order valence-corrected chi connectivity index (χ1v) is 7.85. The predicted octanol–water partition coefficient (Wildman–Crippen LogP) is 2.56. The Kier molecular flexibility index (Phi) is 5.98. The first kappa shape index (κ1) is 13.9. The molecule has 3 nitrogen and oxygen atoms in total. The predicted molar refractivity (Wildman–Crippen MR) is 74.5 cm³/mol. The van der Waals surface area contributed by atoms with Gasteiger partial charge in [0.1, 0.15) is 0 Å². The van der Waals surface area contributed by atoms with E-state index in [1.165, 1.54) is 38.5 Å². The lowest BCUT2D eigenvalue weighted by Gasteiger charge is -2.23. The summed E-state index contributed by atoms with van der Waals surface area (Å²) >= 11 is 0. The lowest BCUT2D eigenvalue weighted by atomic mass is 9.86. The van der Waals surface area contributed by atoms with Crippen molar-refractivity contribution in [1.29, 1.82) is 0 Å². The normalized spacial score (nSPS) is 22.8. The summed E-state index contributed by atoms with van der Waals surface area (Å²) < 4.78 is 0. The second-order valence-corrected chi connectivity index (χ2v) is 5.88. The van der Waals surface area contributed by atoms with Crippen LogP contribution in [-0.2, 0) is 4.79 Å². The van der Waals surface area contributed by atoms with E-state index in [1.807, 2.05) is 0 Å². The molecule has 18 heavy (non-hydrogen) atoms. The average Bonchev–Trinajstić information content (AvgIpc) is 2.69. The highest BCUT2D eigenvalue weighted by molar-refractivity contribution is 5.76. The SMILES string of the molecule is O=C(CCCC1CCCCC1)N1CCCNCC1. The number of amides is 1. The van der Waals surface area contributed by atoms with Gasteiger partial charge in [0.2, 0.25) is 5.91 Å². The van der Waals surface area contributed by atoms with Crippen LogP contribution in [0.2, 0.25) is 0 Å². The molecule has 0 unspecified atom stereocenters. The second-order valence-electron chi connectivity index (χ2n) is 5.88. The van der Waals surface area contributed by atoms with Gasteiger partial charge in [0.15, 0.2) is 0 Å². The molecular formula is C15H28N2O. The monoisotopic (exact) mass is 252 g/mol. The number of carbonyl (C=O) groups excluding carboxylic acids is 1. The van der Waals surface area contributed by atoms with Crippen molar-refractivity contribution >= 4 is 5.91 Å². The third kappa shape index (κ3) is 4.60. The Morgan fingerprint density at radius 2 is 1.89 bits per heavy atom. The molecule has 1 amide bonds. The van der Waals surface area contributed by atoms with Crippen molar-refractivity contribution < 1.29 is 4.79 Å². The number of carbonyl (C=O) groups is 1. The van der Waals surface area contributed by atoms with Crippen LogP contribution in [0.4, 0.5) is 0 Å². The van der Waals surface area contributed by atoms with Crippen LogP contribution in [0, 0.1) is 5.92 Å². The fourth-order valence-electron chi connectivity index (χ4n) is 3.27. The summed E-state index contributed by atoms with van der Waals surface area (Å²) in [6, 6.07) is 0. The molecule has 2 rings (SSSR count). The Balaban J connectivity index is 1.61. The van der Waals surface area contributed by atoms with Gasteiger partial charge in [-0.25, -0.2) is 0 Å². The number of hydrogen-bond acceptors (Lipinski definition) is 2. The summed E-state index contributed by atoms with van der Waals surface area (Å²) in [5.41, 5.74) is 0. The summed E-state index contributed by atoms with van der Waals surface area (Å²) in [4.78, 5) is 14.1. The smallest absolute Gasteiger partial charge is 0.222 e. The van der Waals surface area contributed by atoms with E-state index in [9.17, 15) is 4.79 Å². The maximum absolute atomic E-state index is 12.1.